The van der Waals surface area contributed by atoms with Crippen molar-refractivity contribution in [3.8, 4) is 6.07 Å². The Labute approximate surface area is 184 Å². The molecule has 31 heavy (non-hydrogen) atoms. The average molecular weight is 430 g/mol. The van der Waals surface area contributed by atoms with Gasteiger partial charge in [0.15, 0.2) is 0 Å². The molecule has 0 N–H and O–H groups in total. The highest BCUT2D eigenvalue weighted by Crippen LogP contribution is 2.40. The molecule has 0 spiro atoms. The monoisotopic (exact) mass is 429 g/mol. The predicted molar refractivity (Wildman–Crippen MR) is 115 cm³/mol. The van der Waals surface area contributed by atoms with E-state index in [2.05, 4.69) is 18.2 Å². The molecule has 0 radical (unpaired) electrons. The second-order valence-electron chi connectivity index (χ2n) is 9.53. The van der Waals surface area contributed by atoms with Crippen molar-refractivity contribution in [3.05, 3.63) is 35.9 Å². The number of nitrogens with zero attached hydrogens (tertiary/aromatic N) is 3. The Balaban J connectivity index is 1.91. The van der Waals surface area contributed by atoms with Crippen LogP contribution in [-0.2, 0) is 9.53 Å². The number of benzene rings is 1. The number of halogens is 1. The highest BCUT2D eigenvalue weighted by atomic mass is 19.1. The van der Waals surface area contributed by atoms with Crippen LogP contribution >= 0.6 is 0 Å². The molecular formula is C24H32FN3O3. The van der Waals surface area contributed by atoms with Gasteiger partial charge >= 0.3 is 6.09 Å². The lowest BCUT2D eigenvalue weighted by Gasteiger charge is -2.46. The quantitative estimate of drug-likeness (QED) is 0.660. The van der Waals surface area contributed by atoms with Gasteiger partial charge in [-0.05, 0) is 51.5 Å². The van der Waals surface area contributed by atoms with E-state index in [1.807, 2.05) is 23.1 Å². The molecule has 1 aliphatic carbocycles. The number of alkyl halides is 1. The van der Waals surface area contributed by atoms with E-state index in [4.69, 9.17) is 4.74 Å². The Morgan fingerprint density at radius 3 is 2.61 bits per heavy atom. The van der Waals surface area contributed by atoms with Gasteiger partial charge in [0, 0.05) is 19.0 Å². The number of ether oxygens (including phenoxy) is 1. The molecule has 1 saturated carbocycles. The molecule has 0 aromatic heterocycles. The summed E-state index contributed by atoms with van der Waals surface area (Å²) in [6.45, 7) is 5.44. The predicted octanol–water partition coefficient (Wildman–Crippen LogP) is 4.06. The third-order valence-electron chi connectivity index (χ3n) is 6.21. The van der Waals surface area contributed by atoms with Crippen LogP contribution in [0.1, 0.15) is 57.9 Å². The number of aldehydes is 1. The Bertz CT molecular complexity index is 805. The first-order chi connectivity index (χ1) is 14.7. The second kappa shape index (κ2) is 9.78. The fraction of sp³-hybridized carbons (Fsp3) is 0.625. The van der Waals surface area contributed by atoms with Crippen molar-refractivity contribution < 1.29 is 18.7 Å². The highest BCUT2D eigenvalue weighted by molar-refractivity contribution is 5.72. The lowest BCUT2D eigenvalue weighted by molar-refractivity contribution is -0.110. The minimum Gasteiger partial charge on any atom is -0.444 e. The molecule has 1 aromatic rings. The summed E-state index contributed by atoms with van der Waals surface area (Å²) in [6, 6.07) is 11.3. The number of carbonyl (C=O) groups excluding carboxylic acids is 2. The van der Waals surface area contributed by atoms with Gasteiger partial charge in [-0.15, -0.1) is 0 Å². The molecule has 0 bridgehead atoms. The van der Waals surface area contributed by atoms with Gasteiger partial charge in [-0.3, -0.25) is 9.80 Å². The fourth-order valence-corrected chi connectivity index (χ4v) is 4.93. The van der Waals surface area contributed by atoms with Gasteiger partial charge < -0.3 is 9.53 Å². The van der Waals surface area contributed by atoms with Crippen LogP contribution in [0.5, 0.6) is 0 Å². The first-order valence-electron chi connectivity index (χ1n) is 11.0. The lowest BCUT2D eigenvalue weighted by Crippen LogP contribution is -2.58. The largest absolute Gasteiger partial charge is 0.444 e. The maximum absolute atomic E-state index is 14.3. The summed E-state index contributed by atoms with van der Waals surface area (Å²) in [5.74, 6) is 0.247. The number of amides is 1. The van der Waals surface area contributed by atoms with Gasteiger partial charge in [0.05, 0.1) is 18.7 Å². The third kappa shape index (κ3) is 5.62. The molecule has 2 fully saturated rings. The normalized spacial score (nSPS) is 29.2. The molecule has 2 aliphatic rings. The van der Waals surface area contributed by atoms with Crippen LogP contribution in [0, 0.1) is 11.3 Å². The van der Waals surface area contributed by atoms with E-state index in [9.17, 15) is 19.2 Å². The number of hydrogen-bond acceptors (Lipinski definition) is 5. The Morgan fingerprint density at radius 2 is 2.00 bits per heavy atom. The van der Waals surface area contributed by atoms with E-state index < -0.39 is 23.9 Å². The average Bonchev–Trinajstić information content (AvgIpc) is 3.11. The molecular weight excluding hydrogens is 397 g/mol. The first kappa shape index (κ1) is 23.2. The zero-order valence-electron chi connectivity index (χ0n) is 18.5. The summed E-state index contributed by atoms with van der Waals surface area (Å²) in [5, 5.41) is 9.64. The highest BCUT2D eigenvalue weighted by Gasteiger charge is 2.46. The van der Waals surface area contributed by atoms with E-state index in [-0.39, 0.29) is 37.5 Å². The van der Waals surface area contributed by atoms with Crippen molar-refractivity contribution in [2.24, 2.45) is 0 Å². The maximum Gasteiger partial charge on any atom is 0.410 e. The van der Waals surface area contributed by atoms with Crippen molar-refractivity contribution in [1.29, 1.82) is 5.26 Å². The van der Waals surface area contributed by atoms with Crippen LogP contribution in [0.4, 0.5) is 9.18 Å². The molecule has 168 valence electrons. The summed E-state index contributed by atoms with van der Waals surface area (Å²) in [5.41, 5.74) is 0.511. The smallest absolute Gasteiger partial charge is 0.410 e. The first-order valence-corrected chi connectivity index (χ1v) is 11.0. The van der Waals surface area contributed by atoms with E-state index in [0.29, 0.717) is 19.1 Å². The fourth-order valence-electron chi connectivity index (χ4n) is 4.93. The Kier molecular flexibility index (Phi) is 7.32. The van der Waals surface area contributed by atoms with Gasteiger partial charge in [0.25, 0.3) is 0 Å². The van der Waals surface area contributed by atoms with Crippen LogP contribution in [0.3, 0.4) is 0 Å². The molecule has 1 amide bonds. The van der Waals surface area contributed by atoms with Gasteiger partial charge in [-0.1, -0.05) is 30.3 Å². The van der Waals surface area contributed by atoms with E-state index >= 15 is 0 Å². The van der Waals surface area contributed by atoms with Crippen molar-refractivity contribution in [1.82, 2.24) is 9.80 Å². The third-order valence-corrected chi connectivity index (χ3v) is 6.21. The Morgan fingerprint density at radius 1 is 1.29 bits per heavy atom. The van der Waals surface area contributed by atoms with Gasteiger partial charge in [0.2, 0.25) is 0 Å². The van der Waals surface area contributed by atoms with Crippen LogP contribution in [0.15, 0.2) is 30.3 Å². The molecule has 3 unspecified atom stereocenters. The number of nitriles is 1. The van der Waals surface area contributed by atoms with E-state index in [0.717, 1.165) is 6.42 Å². The molecule has 1 aliphatic heterocycles. The minimum atomic E-state index is -1.07. The molecule has 1 aromatic carbocycles. The Hall–Kier alpha value is -2.46. The minimum absolute atomic E-state index is 0.0871. The van der Waals surface area contributed by atoms with Crippen molar-refractivity contribution in [2.75, 3.05) is 13.1 Å². The SMILES string of the molecule is CC(C)(C)OC(=O)N(CC=O)C1CCC(c2ccccc2)CC1N1C[C@@H](F)C[C@H]1C#N. The van der Waals surface area contributed by atoms with E-state index in [1.54, 1.807) is 20.8 Å². The summed E-state index contributed by atoms with van der Waals surface area (Å²) in [4.78, 5) is 27.8. The number of likely N-dealkylation sites (tertiary alicyclic amines) is 1. The topological polar surface area (TPSA) is 73.6 Å². The van der Waals surface area contributed by atoms with Gasteiger partial charge in [0.1, 0.15) is 24.1 Å². The van der Waals surface area contributed by atoms with E-state index in [1.165, 1.54) is 10.5 Å². The van der Waals surface area contributed by atoms with Crippen molar-refractivity contribution >= 4 is 12.4 Å². The maximum atomic E-state index is 14.3. The molecule has 1 heterocycles. The molecule has 1 saturated heterocycles. The summed E-state index contributed by atoms with van der Waals surface area (Å²) in [7, 11) is 0. The zero-order chi connectivity index (χ0) is 22.6. The van der Waals surface area contributed by atoms with Crippen molar-refractivity contribution in [3.63, 3.8) is 0 Å². The molecule has 3 rings (SSSR count). The summed E-state index contributed by atoms with van der Waals surface area (Å²) < 4.78 is 19.9. The molecule has 6 nitrogen and oxygen atoms in total. The second-order valence-corrected chi connectivity index (χ2v) is 9.53. The van der Waals surface area contributed by atoms with Crippen LogP contribution in [0.25, 0.3) is 0 Å². The summed E-state index contributed by atoms with van der Waals surface area (Å²) >= 11 is 0. The molecule has 7 heteroatoms. The van der Waals surface area contributed by atoms with Crippen LogP contribution < -0.4 is 0 Å². The van der Waals surface area contributed by atoms with Crippen LogP contribution in [0.2, 0.25) is 0 Å². The number of hydrogen-bond donors (Lipinski definition) is 0. The number of rotatable bonds is 5. The van der Waals surface area contributed by atoms with Crippen molar-refractivity contribution in [2.45, 2.75) is 82.3 Å². The van der Waals surface area contributed by atoms with Crippen LogP contribution in [-0.4, -0.2) is 65.2 Å². The molecule has 5 atom stereocenters. The standard InChI is InChI=1S/C24H32FN3O3/c1-24(2,3)31-23(30)27(11-12-29)21-10-9-18(17-7-5-4-6-8-17)13-22(21)28-16-19(25)14-20(28)15-26/h4-8,12,18-22H,9-11,13-14,16H2,1-3H3/t18?,19-,20-,21?,22?/m0/s1. The van der Waals surface area contributed by atoms with Gasteiger partial charge in [-0.25, -0.2) is 9.18 Å². The lowest BCUT2D eigenvalue weighted by atomic mass is 9.77. The zero-order valence-corrected chi connectivity index (χ0v) is 18.5. The number of carbonyl (C=O) groups is 2. The van der Waals surface area contributed by atoms with Gasteiger partial charge in [-0.2, -0.15) is 5.26 Å². The summed E-state index contributed by atoms with van der Waals surface area (Å²) in [6.07, 6.45) is 1.46.